The quantitative estimate of drug-likeness (QED) is 0.641. The minimum atomic E-state index is -0.120. The van der Waals surface area contributed by atoms with Gasteiger partial charge in [-0.05, 0) is 43.2 Å². The highest BCUT2D eigenvalue weighted by molar-refractivity contribution is 6.31. The number of anilines is 1. The number of benzene rings is 2. The minimum Gasteiger partial charge on any atom is -0.451 e. The maximum absolute atomic E-state index is 13.0. The molecule has 1 aliphatic heterocycles. The van der Waals surface area contributed by atoms with Gasteiger partial charge in [0.25, 0.3) is 5.91 Å². The molecule has 2 amide bonds. The van der Waals surface area contributed by atoms with Gasteiger partial charge in [-0.15, -0.1) is 0 Å². The molecular formula is C24H26ClN3O3. The highest BCUT2D eigenvalue weighted by Crippen LogP contribution is 2.29. The SMILES string of the molecule is CCc1ccccc1NC(=O)CN1CCN(C(=O)c2oc3ccc(Cl)cc3c2C)CC1. The summed E-state index contributed by atoms with van der Waals surface area (Å²) in [5.41, 5.74) is 3.45. The van der Waals surface area contributed by atoms with Crippen molar-refractivity contribution in [2.24, 2.45) is 0 Å². The van der Waals surface area contributed by atoms with E-state index in [1.807, 2.05) is 37.3 Å². The Morgan fingerprint density at radius 3 is 2.58 bits per heavy atom. The lowest BCUT2D eigenvalue weighted by Crippen LogP contribution is -2.50. The number of carbonyl (C=O) groups excluding carboxylic acids is 2. The highest BCUT2D eigenvalue weighted by atomic mass is 35.5. The Bertz CT molecular complexity index is 1120. The molecule has 1 saturated heterocycles. The summed E-state index contributed by atoms with van der Waals surface area (Å²) in [6, 6.07) is 13.2. The summed E-state index contributed by atoms with van der Waals surface area (Å²) >= 11 is 6.08. The fraction of sp³-hybridized carbons (Fsp3) is 0.333. The second kappa shape index (κ2) is 9.12. The van der Waals surface area contributed by atoms with Gasteiger partial charge in [-0.1, -0.05) is 36.7 Å². The number of fused-ring (bicyclic) bond motifs is 1. The second-order valence-electron chi connectivity index (χ2n) is 7.82. The van der Waals surface area contributed by atoms with Crippen molar-refractivity contribution >= 4 is 40.1 Å². The maximum atomic E-state index is 13.0. The van der Waals surface area contributed by atoms with Gasteiger partial charge >= 0.3 is 0 Å². The summed E-state index contributed by atoms with van der Waals surface area (Å²) in [7, 11) is 0. The number of para-hydroxylation sites is 1. The molecule has 0 bridgehead atoms. The molecule has 1 aliphatic rings. The fourth-order valence-corrected chi connectivity index (χ4v) is 4.17. The number of hydrogen-bond donors (Lipinski definition) is 1. The average molecular weight is 440 g/mol. The molecule has 31 heavy (non-hydrogen) atoms. The zero-order valence-corrected chi connectivity index (χ0v) is 18.5. The number of aryl methyl sites for hydroxylation is 2. The van der Waals surface area contributed by atoms with Gasteiger partial charge in [-0.25, -0.2) is 0 Å². The van der Waals surface area contributed by atoms with Gasteiger partial charge in [0.2, 0.25) is 5.91 Å². The molecule has 2 aromatic carbocycles. The van der Waals surface area contributed by atoms with Crippen LogP contribution in [-0.4, -0.2) is 54.3 Å². The van der Waals surface area contributed by atoms with Crippen LogP contribution >= 0.6 is 11.6 Å². The molecule has 4 rings (SSSR count). The van der Waals surface area contributed by atoms with Gasteiger partial charge in [-0.2, -0.15) is 0 Å². The highest BCUT2D eigenvalue weighted by Gasteiger charge is 2.27. The van der Waals surface area contributed by atoms with Crippen molar-refractivity contribution in [2.75, 3.05) is 38.0 Å². The molecule has 0 atom stereocenters. The lowest BCUT2D eigenvalue weighted by Gasteiger charge is -2.34. The average Bonchev–Trinajstić information content (AvgIpc) is 3.10. The van der Waals surface area contributed by atoms with Crippen molar-refractivity contribution in [1.29, 1.82) is 0 Å². The third-order valence-corrected chi connectivity index (χ3v) is 6.03. The number of halogens is 1. The second-order valence-corrected chi connectivity index (χ2v) is 8.26. The third kappa shape index (κ3) is 4.60. The Hall–Kier alpha value is -2.83. The van der Waals surface area contributed by atoms with E-state index in [9.17, 15) is 9.59 Å². The normalized spacial score (nSPS) is 14.7. The van der Waals surface area contributed by atoms with E-state index in [2.05, 4.69) is 17.1 Å². The molecule has 1 aromatic heterocycles. The number of nitrogens with one attached hydrogen (secondary N) is 1. The number of carbonyl (C=O) groups is 2. The van der Waals surface area contributed by atoms with E-state index in [0.717, 1.165) is 28.6 Å². The van der Waals surface area contributed by atoms with Crippen LogP contribution in [0.15, 0.2) is 46.9 Å². The molecule has 6 nitrogen and oxygen atoms in total. The van der Waals surface area contributed by atoms with Crippen molar-refractivity contribution < 1.29 is 14.0 Å². The van der Waals surface area contributed by atoms with Gasteiger partial charge in [0.05, 0.1) is 6.54 Å². The summed E-state index contributed by atoms with van der Waals surface area (Å²) in [4.78, 5) is 29.4. The molecule has 2 heterocycles. The molecule has 1 fully saturated rings. The van der Waals surface area contributed by atoms with E-state index in [1.54, 1.807) is 17.0 Å². The molecule has 3 aromatic rings. The van der Waals surface area contributed by atoms with Crippen molar-refractivity contribution in [1.82, 2.24) is 9.80 Å². The minimum absolute atomic E-state index is 0.0364. The van der Waals surface area contributed by atoms with Crippen LogP contribution in [0.3, 0.4) is 0 Å². The molecule has 7 heteroatoms. The third-order valence-electron chi connectivity index (χ3n) is 5.79. The van der Waals surface area contributed by atoms with Gasteiger partial charge in [0.15, 0.2) is 5.76 Å². The van der Waals surface area contributed by atoms with Crippen LogP contribution in [0.25, 0.3) is 11.0 Å². The lowest BCUT2D eigenvalue weighted by atomic mass is 10.1. The van der Waals surface area contributed by atoms with Crippen LogP contribution in [-0.2, 0) is 11.2 Å². The Morgan fingerprint density at radius 1 is 1.10 bits per heavy atom. The number of nitrogens with zero attached hydrogens (tertiary/aromatic N) is 2. The summed E-state index contributed by atoms with van der Waals surface area (Å²) in [5.74, 6) is 0.205. The fourth-order valence-electron chi connectivity index (χ4n) is 3.99. The molecule has 1 N–H and O–H groups in total. The van der Waals surface area contributed by atoms with E-state index in [0.29, 0.717) is 49.1 Å². The smallest absolute Gasteiger partial charge is 0.289 e. The monoisotopic (exact) mass is 439 g/mol. The molecular weight excluding hydrogens is 414 g/mol. The standard InChI is InChI=1S/C24H26ClN3O3/c1-3-17-6-4-5-7-20(17)26-22(29)15-27-10-12-28(13-11-27)24(30)23-16(2)19-14-18(25)8-9-21(19)31-23/h4-9,14H,3,10-13,15H2,1-2H3,(H,26,29). The van der Waals surface area contributed by atoms with Gasteiger partial charge in [-0.3, -0.25) is 14.5 Å². The number of piperazine rings is 1. The van der Waals surface area contributed by atoms with E-state index in [-0.39, 0.29) is 11.8 Å². The first kappa shape index (κ1) is 21.4. The number of hydrogen-bond acceptors (Lipinski definition) is 4. The molecule has 0 radical (unpaired) electrons. The summed E-state index contributed by atoms with van der Waals surface area (Å²) in [6.07, 6.45) is 0.866. The molecule has 0 spiro atoms. The van der Waals surface area contributed by atoms with Crippen LogP contribution in [0, 0.1) is 6.92 Å². The number of furan rings is 1. The summed E-state index contributed by atoms with van der Waals surface area (Å²) in [5, 5.41) is 4.48. The number of amides is 2. The van der Waals surface area contributed by atoms with Crippen LogP contribution in [0.1, 0.15) is 28.6 Å². The topological polar surface area (TPSA) is 65.8 Å². The summed E-state index contributed by atoms with van der Waals surface area (Å²) < 4.78 is 5.82. The Balaban J connectivity index is 1.35. The number of rotatable bonds is 5. The molecule has 0 unspecified atom stereocenters. The maximum Gasteiger partial charge on any atom is 0.289 e. The van der Waals surface area contributed by atoms with Crippen LogP contribution in [0.4, 0.5) is 5.69 Å². The van der Waals surface area contributed by atoms with Crippen LogP contribution in [0.5, 0.6) is 0 Å². The molecule has 162 valence electrons. The Kier molecular flexibility index (Phi) is 6.30. The Labute approximate surface area is 186 Å². The van der Waals surface area contributed by atoms with Crippen molar-refractivity contribution in [2.45, 2.75) is 20.3 Å². The van der Waals surface area contributed by atoms with Crippen LogP contribution in [0.2, 0.25) is 5.02 Å². The van der Waals surface area contributed by atoms with E-state index >= 15 is 0 Å². The van der Waals surface area contributed by atoms with E-state index in [4.69, 9.17) is 16.0 Å². The van der Waals surface area contributed by atoms with Gasteiger partial charge in [0, 0.05) is 47.8 Å². The first-order valence-corrected chi connectivity index (χ1v) is 10.9. The largest absolute Gasteiger partial charge is 0.451 e. The predicted octanol–water partition coefficient (Wildman–Crippen LogP) is 4.35. The zero-order valence-electron chi connectivity index (χ0n) is 17.8. The Morgan fingerprint density at radius 2 is 1.84 bits per heavy atom. The van der Waals surface area contributed by atoms with Gasteiger partial charge in [0.1, 0.15) is 5.58 Å². The van der Waals surface area contributed by atoms with E-state index in [1.165, 1.54) is 0 Å². The van der Waals surface area contributed by atoms with Crippen molar-refractivity contribution in [3.63, 3.8) is 0 Å². The first-order chi connectivity index (χ1) is 15.0. The van der Waals surface area contributed by atoms with Crippen LogP contribution < -0.4 is 5.32 Å². The van der Waals surface area contributed by atoms with E-state index < -0.39 is 0 Å². The first-order valence-electron chi connectivity index (χ1n) is 10.5. The summed E-state index contributed by atoms with van der Waals surface area (Å²) in [6.45, 7) is 6.63. The lowest BCUT2D eigenvalue weighted by molar-refractivity contribution is -0.117. The predicted molar refractivity (Wildman–Crippen MR) is 123 cm³/mol. The molecule has 0 aliphatic carbocycles. The van der Waals surface area contributed by atoms with Gasteiger partial charge < -0.3 is 14.6 Å². The molecule has 0 saturated carbocycles. The van der Waals surface area contributed by atoms with Crippen molar-refractivity contribution in [3.8, 4) is 0 Å². The van der Waals surface area contributed by atoms with Crippen molar-refractivity contribution in [3.05, 3.63) is 64.4 Å². The zero-order chi connectivity index (χ0) is 22.0.